The lowest BCUT2D eigenvalue weighted by Gasteiger charge is -2.21. The molecule has 166 valence electrons. The second kappa shape index (κ2) is 11.0. The molecule has 31 heavy (non-hydrogen) atoms. The summed E-state index contributed by atoms with van der Waals surface area (Å²) in [6.45, 7) is 5.68. The van der Waals surface area contributed by atoms with Crippen LogP contribution >= 0.6 is 0 Å². The maximum absolute atomic E-state index is 12.4. The maximum Gasteiger partial charge on any atom is 0.412 e. The Morgan fingerprint density at radius 3 is 2.35 bits per heavy atom. The molecule has 0 heterocycles. The molecule has 2 aromatic rings. The highest BCUT2D eigenvalue weighted by molar-refractivity contribution is 5.97. The van der Waals surface area contributed by atoms with Crippen LogP contribution in [0, 0.1) is 0 Å². The van der Waals surface area contributed by atoms with Crippen molar-refractivity contribution in [3.05, 3.63) is 59.7 Å². The molecule has 8 nitrogen and oxygen atoms in total. The highest BCUT2D eigenvalue weighted by Crippen LogP contribution is 2.27. The van der Waals surface area contributed by atoms with Crippen LogP contribution in [0.3, 0.4) is 0 Å². The van der Waals surface area contributed by atoms with Gasteiger partial charge in [0.15, 0.2) is 0 Å². The molecule has 8 heteroatoms. The van der Waals surface area contributed by atoms with E-state index in [1.807, 2.05) is 30.3 Å². The minimum Gasteiger partial charge on any atom is -0.487 e. The number of carbonyl (C=O) groups is 3. The Morgan fingerprint density at radius 2 is 1.71 bits per heavy atom. The van der Waals surface area contributed by atoms with Gasteiger partial charge in [0.1, 0.15) is 18.0 Å². The first kappa shape index (κ1) is 23.7. The molecule has 0 saturated heterocycles. The van der Waals surface area contributed by atoms with Gasteiger partial charge in [-0.3, -0.25) is 14.9 Å². The molecule has 0 aliphatic rings. The zero-order chi connectivity index (χ0) is 22.9. The summed E-state index contributed by atoms with van der Waals surface area (Å²) in [7, 11) is 1.28. The monoisotopic (exact) mass is 428 g/mol. The Balaban J connectivity index is 2.16. The van der Waals surface area contributed by atoms with Crippen LogP contribution in [0.1, 0.15) is 43.1 Å². The van der Waals surface area contributed by atoms with Crippen molar-refractivity contribution in [2.75, 3.05) is 19.0 Å². The zero-order valence-corrected chi connectivity index (χ0v) is 18.2. The van der Waals surface area contributed by atoms with Gasteiger partial charge in [0.05, 0.1) is 19.2 Å². The molecule has 2 rings (SSSR count). The van der Waals surface area contributed by atoms with Crippen molar-refractivity contribution >= 4 is 23.7 Å². The molecule has 0 aliphatic carbocycles. The molecule has 2 amide bonds. The largest absolute Gasteiger partial charge is 0.487 e. The number of esters is 1. The molecule has 0 spiro atoms. The van der Waals surface area contributed by atoms with Gasteiger partial charge in [-0.15, -0.1) is 0 Å². The third-order valence-corrected chi connectivity index (χ3v) is 3.96. The van der Waals surface area contributed by atoms with Crippen molar-refractivity contribution in [2.24, 2.45) is 0 Å². The Kier molecular flexibility index (Phi) is 8.43. The van der Waals surface area contributed by atoms with E-state index in [-0.39, 0.29) is 19.6 Å². The quantitative estimate of drug-likeness (QED) is 0.618. The predicted octanol–water partition coefficient (Wildman–Crippen LogP) is 3.91. The molecule has 0 atom stereocenters. The number of ether oxygens (including phenoxy) is 3. The molecule has 0 aromatic heterocycles. The van der Waals surface area contributed by atoms with Crippen molar-refractivity contribution in [1.82, 2.24) is 5.32 Å². The first-order valence-corrected chi connectivity index (χ1v) is 9.84. The van der Waals surface area contributed by atoms with Crippen LogP contribution in [0.5, 0.6) is 5.75 Å². The van der Waals surface area contributed by atoms with Crippen LogP contribution in [-0.2, 0) is 20.9 Å². The summed E-state index contributed by atoms with van der Waals surface area (Å²) >= 11 is 0. The normalized spacial score (nSPS) is 10.7. The topological polar surface area (TPSA) is 103 Å². The number of benzene rings is 2. The number of methoxy groups -OCH3 is 1. The summed E-state index contributed by atoms with van der Waals surface area (Å²) in [6.07, 6.45) is -0.607. The fourth-order valence-corrected chi connectivity index (χ4v) is 2.53. The predicted molar refractivity (Wildman–Crippen MR) is 116 cm³/mol. The lowest BCUT2D eigenvalue weighted by Crippen LogP contribution is -2.28. The first-order valence-electron chi connectivity index (χ1n) is 9.84. The van der Waals surface area contributed by atoms with Gasteiger partial charge in [0, 0.05) is 12.1 Å². The number of hydrogen-bond acceptors (Lipinski definition) is 6. The number of anilines is 1. The fraction of sp³-hybridized carbons (Fsp3) is 0.348. The van der Waals surface area contributed by atoms with E-state index in [0.717, 1.165) is 5.56 Å². The van der Waals surface area contributed by atoms with E-state index >= 15 is 0 Å². The van der Waals surface area contributed by atoms with Gasteiger partial charge >= 0.3 is 12.1 Å². The average Bonchev–Trinajstić information content (AvgIpc) is 2.71. The number of hydrogen-bond donors (Lipinski definition) is 2. The summed E-state index contributed by atoms with van der Waals surface area (Å²) in [6, 6.07) is 14.2. The molecule has 0 saturated carbocycles. The smallest absolute Gasteiger partial charge is 0.412 e. The van der Waals surface area contributed by atoms with Gasteiger partial charge in [-0.05, 0) is 44.5 Å². The van der Waals surface area contributed by atoms with E-state index in [0.29, 0.717) is 17.0 Å². The minimum atomic E-state index is -0.683. The SMILES string of the molecule is COC(=O)CCNC(=O)c1ccc(OCc2ccccc2)c(NC(=O)OC(C)(C)C)c1. The fourth-order valence-electron chi connectivity index (χ4n) is 2.53. The molecular formula is C23H28N2O6. The van der Waals surface area contributed by atoms with Gasteiger partial charge in [-0.25, -0.2) is 4.79 Å². The maximum atomic E-state index is 12.4. The van der Waals surface area contributed by atoms with Crippen LogP contribution in [0.4, 0.5) is 10.5 Å². The first-order chi connectivity index (χ1) is 14.7. The number of carbonyl (C=O) groups excluding carboxylic acids is 3. The number of rotatable bonds is 8. The summed E-state index contributed by atoms with van der Waals surface area (Å²) < 4.78 is 15.7. The van der Waals surface area contributed by atoms with Crippen LogP contribution in [0.25, 0.3) is 0 Å². The molecule has 0 bridgehead atoms. The molecule has 0 aliphatic heterocycles. The summed E-state index contributed by atoms with van der Waals surface area (Å²) in [5.74, 6) is -0.427. The standard InChI is InChI=1S/C23H28N2O6/c1-23(2,3)31-22(28)25-18-14-17(21(27)24-13-12-20(26)29-4)10-11-19(18)30-15-16-8-6-5-7-9-16/h5-11,14H,12-13,15H2,1-4H3,(H,24,27)(H,25,28). The summed E-state index contributed by atoms with van der Waals surface area (Å²) in [4.78, 5) is 35.9. The third kappa shape index (κ3) is 8.38. The van der Waals surface area contributed by atoms with Crippen LogP contribution < -0.4 is 15.4 Å². The van der Waals surface area contributed by atoms with Crippen molar-refractivity contribution in [3.63, 3.8) is 0 Å². The van der Waals surface area contributed by atoms with Crippen molar-refractivity contribution in [2.45, 2.75) is 39.4 Å². The Bertz CT molecular complexity index is 906. The minimum absolute atomic E-state index is 0.0591. The van der Waals surface area contributed by atoms with Gasteiger partial charge < -0.3 is 19.5 Å². The van der Waals surface area contributed by atoms with Gasteiger partial charge in [0.25, 0.3) is 5.91 Å². The van der Waals surface area contributed by atoms with E-state index in [1.54, 1.807) is 32.9 Å². The molecule has 0 unspecified atom stereocenters. The summed E-state index contributed by atoms with van der Waals surface area (Å²) in [5, 5.41) is 5.28. The van der Waals surface area contributed by atoms with Gasteiger partial charge in [-0.2, -0.15) is 0 Å². The average molecular weight is 428 g/mol. The van der Waals surface area contributed by atoms with E-state index in [1.165, 1.54) is 13.2 Å². The molecule has 0 radical (unpaired) electrons. The van der Waals surface area contributed by atoms with Crippen molar-refractivity contribution in [3.8, 4) is 5.75 Å². The molecule has 2 N–H and O–H groups in total. The second-order valence-corrected chi connectivity index (χ2v) is 7.69. The van der Waals surface area contributed by atoms with Crippen molar-refractivity contribution < 1.29 is 28.6 Å². The summed E-state index contributed by atoms with van der Waals surface area (Å²) in [5.41, 5.74) is 0.863. The van der Waals surface area contributed by atoms with E-state index in [4.69, 9.17) is 9.47 Å². The van der Waals surface area contributed by atoms with Crippen LogP contribution in [0.2, 0.25) is 0 Å². The molecule has 2 aromatic carbocycles. The highest BCUT2D eigenvalue weighted by atomic mass is 16.6. The lowest BCUT2D eigenvalue weighted by molar-refractivity contribution is -0.140. The van der Waals surface area contributed by atoms with E-state index in [9.17, 15) is 14.4 Å². The Morgan fingerprint density at radius 1 is 1.00 bits per heavy atom. The van der Waals surface area contributed by atoms with E-state index < -0.39 is 23.6 Å². The highest BCUT2D eigenvalue weighted by Gasteiger charge is 2.19. The molecular weight excluding hydrogens is 400 g/mol. The number of amides is 2. The number of nitrogens with one attached hydrogen (secondary N) is 2. The zero-order valence-electron chi connectivity index (χ0n) is 18.2. The third-order valence-electron chi connectivity index (χ3n) is 3.96. The van der Waals surface area contributed by atoms with Gasteiger partial charge in [0.2, 0.25) is 0 Å². The Hall–Kier alpha value is -3.55. The van der Waals surface area contributed by atoms with Crippen molar-refractivity contribution in [1.29, 1.82) is 0 Å². The van der Waals surface area contributed by atoms with Crippen LogP contribution in [-0.4, -0.2) is 37.2 Å². The second-order valence-electron chi connectivity index (χ2n) is 7.69. The van der Waals surface area contributed by atoms with Crippen LogP contribution in [0.15, 0.2) is 48.5 Å². The van der Waals surface area contributed by atoms with E-state index in [2.05, 4.69) is 15.4 Å². The molecule has 0 fully saturated rings. The Labute approximate surface area is 181 Å². The lowest BCUT2D eigenvalue weighted by atomic mass is 10.1. The van der Waals surface area contributed by atoms with Gasteiger partial charge in [-0.1, -0.05) is 30.3 Å².